The summed E-state index contributed by atoms with van der Waals surface area (Å²) < 4.78 is 11.4. The second-order valence-corrected chi connectivity index (χ2v) is 44.6. The number of hydrogen-bond donors (Lipinski definition) is 1. The molecule has 1 N–H and O–H groups in total. The molecule has 0 bridgehead atoms. The molecule has 2 aliphatic rings. The molecule has 0 aromatic heterocycles. The van der Waals surface area contributed by atoms with Crippen molar-refractivity contribution in [3.05, 3.63) is 506 Å². The van der Waals surface area contributed by atoms with Crippen molar-refractivity contribution in [2.75, 3.05) is 0 Å². The minimum Gasteiger partial charge on any atom is -0.427 e. The Bertz CT molecular complexity index is 5490. The minimum absolute atomic E-state index is 0. The number of fused-ring (bicyclic) bond motifs is 6. The van der Waals surface area contributed by atoms with E-state index in [0.29, 0.717) is 0 Å². The van der Waals surface area contributed by atoms with Crippen LogP contribution in [0.2, 0.25) is 0 Å². The molecule has 0 atom stereocenters. The van der Waals surface area contributed by atoms with Gasteiger partial charge in [-0.15, -0.1) is 0 Å². The second kappa shape index (κ2) is 48.2. The van der Waals surface area contributed by atoms with Crippen molar-refractivity contribution in [3.63, 3.8) is 0 Å². The molecule has 0 saturated heterocycles. The van der Waals surface area contributed by atoms with Crippen LogP contribution >= 0.6 is 111 Å². The number of benzene rings is 18. The molecule has 18 aromatic carbocycles. The number of halogens is 5. The number of aliphatic hydroxyl groups is 1. The maximum atomic E-state index is 10.2. The molecule has 2 nitrogen and oxygen atoms in total. The smallest absolute Gasteiger partial charge is 0.331 e. The Hall–Kier alpha value is -8.75. The zero-order chi connectivity index (χ0) is 87.5. The van der Waals surface area contributed by atoms with Gasteiger partial charge in [0, 0.05) is 42.8 Å². The molecule has 127 heavy (non-hydrogen) atoms. The first-order chi connectivity index (χ1) is 61.5. The van der Waals surface area contributed by atoms with Gasteiger partial charge in [0.2, 0.25) is 0 Å². The van der Waals surface area contributed by atoms with E-state index in [1.165, 1.54) is 132 Å². The first kappa shape index (κ1) is 95.8. The van der Waals surface area contributed by atoms with Crippen LogP contribution in [0.1, 0.15) is 49.9 Å². The van der Waals surface area contributed by atoms with Gasteiger partial charge in [-0.05, 0) is 246 Å². The van der Waals surface area contributed by atoms with E-state index >= 15 is 0 Å². The summed E-state index contributed by atoms with van der Waals surface area (Å²) in [6.07, 6.45) is 4.75. The molecule has 13 heteroatoms. The summed E-state index contributed by atoms with van der Waals surface area (Å²) >= 11 is 17.2. The summed E-state index contributed by atoms with van der Waals surface area (Å²) in [5.41, 5.74) is 8.10. The second-order valence-electron chi connectivity index (χ2n) is 31.2. The van der Waals surface area contributed by atoms with Gasteiger partial charge in [-0.2, -0.15) is 0 Å². The van der Waals surface area contributed by atoms with Crippen LogP contribution < -0.4 is 69.1 Å². The van der Waals surface area contributed by atoms with E-state index in [-0.39, 0.29) is 20.4 Å². The van der Waals surface area contributed by atoms with Gasteiger partial charge in [0.1, 0.15) is 0 Å². The molecule has 1 radical (unpaired) electrons. The standard InChI is InChI=1S/C18H22BO2.C18H12Br2.4C18H15P.C6H3Br3.Pd/c1-17(2,20)18(3,4)21-19-16-11-12-9-10-13(12)14-7-5-6-8-15(14)16;19-13-7-12(8-14(20)10-13)18-9-11-5-6-15(11)16-3-1-2-4-17(16)18;4*1-4-10-16(11-5-1)19(17-12-6-2-7-13-17)18-14-8-3-9-15-18;7-4-1-5(8)3-6(9)2-4;/h5-8,11,20H,9-10H2,1-4H3;1-4,7-10H,5-6H2;4*1-15H;1-3H;. The Morgan fingerprint density at radius 1 is 0.244 bits per heavy atom. The zero-order valence-electron chi connectivity index (χ0n) is 71.1. The van der Waals surface area contributed by atoms with Crippen LogP contribution in [0.3, 0.4) is 0 Å². The number of aryl methyl sites for hydroxylation is 4. The summed E-state index contributed by atoms with van der Waals surface area (Å²) in [7, 11) is 0.0205. The molecule has 0 heterocycles. The summed E-state index contributed by atoms with van der Waals surface area (Å²) in [4.78, 5) is 0. The molecule has 0 spiro atoms. The van der Waals surface area contributed by atoms with Crippen molar-refractivity contribution in [2.24, 2.45) is 0 Å². The molecule has 2 aliphatic carbocycles. The van der Waals surface area contributed by atoms with Gasteiger partial charge in [-0.25, -0.2) is 0 Å². The van der Waals surface area contributed by atoms with Crippen molar-refractivity contribution in [1.29, 1.82) is 0 Å². The third-order valence-electron chi connectivity index (χ3n) is 21.9. The normalized spacial score (nSPS) is 11.5. The van der Waals surface area contributed by atoms with Gasteiger partial charge in [0.25, 0.3) is 0 Å². The summed E-state index contributed by atoms with van der Waals surface area (Å²) in [6.45, 7) is 7.37. The van der Waals surface area contributed by atoms with Crippen molar-refractivity contribution >= 4 is 209 Å². The van der Waals surface area contributed by atoms with Gasteiger partial charge < -0.3 is 9.76 Å². The first-order valence-corrected chi connectivity index (χ1v) is 51.5. The van der Waals surface area contributed by atoms with Gasteiger partial charge >= 0.3 is 7.48 Å². The van der Waals surface area contributed by atoms with Crippen LogP contribution in [0.5, 0.6) is 0 Å². The molecule has 0 aliphatic heterocycles. The molecule has 0 saturated carbocycles. The predicted octanol–water partition coefficient (Wildman–Crippen LogP) is 26.6. The molecular formula is C114H97BBr5O2P4Pd. The number of rotatable bonds is 17. The molecule has 20 rings (SSSR count). The Morgan fingerprint density at radius 3 is 0.661 bits per heavy atom. The molecule has 0 fully saturated rings. The third kappa shape index (κ3) is 26.5. The van der Waals surface area contributed by atoms with Crippen molar-refractivity contribution in [2.45, 2.75) is 64.6 Å². The Balaban J connectivity index is 0.000000128. The molecule has 0 amide bonds. The Morgan fingerprint density at radius 2 is 0.441 bits per heavy atom. The van der Waals surface area contributed by atoms with E-state index in [2.05, 4.69) is 522 Å². The molecule has 0 unspecified atom stereocenters. The van der Waals surface area contributed by atoms with E-state index in [1.54, 1.807) is 26.9 Å². The SMILES string of the molecule is Brc1cc(Br)cc(-c2cc3c(c4ccccc24)CC3)c1.Brc1cc(Br)cc(Br)c1.CC(C)(O)C(C)(C)O[B]c1cc2c(c3ccccc13)CC2.[Pd].c1ccc(P(c2ccccc2)c2ccccc2)cc1.c1ccc(P(c2ccccc2)c2ccccc2)cc1.c1ccc(P(c2ccccc2)c2ccccc2)cc1.c1ccc(P(c2ccccc2)c2ccccc2)cc1. The average molecular weight is 2140 g/mol. The largest absolute Gasteiger partial charge is 0.427 e. The maximum Gasteiger partial charge on any atom is 0.331 e. The van der Waals surface area contributed by atoms with Crippen LogP contribution in [-0.2, 0) is 50.8 Å². The Labute approximate surface area is 812 Å². The van der Waals surface area contributed by atoms with Crippen LogP contribution in [0.25, 0.3) is 32.7 Å². The fourth-order valence-corrected chi connectivity index (χ4v) is 27.8. The van der Waals surface area contributed by atoms with Gasteiger partial charge in [0.15, 0.2) is 0 Å². The monoisotopic (exact) mass is 2130 g/mol. The topological polar surface area (TPSA) is 29.5 Å². The van der Waals surface area contributed by atoms with E-state index < -0.39 is 42.9 Å². The fraction of sp³-hybridized carbons (Fsp3) is 0.0877. The van der Waals surface area contributed by atoms with E-state index in [0.717, 1.165) is 34.2 Å². The maximum absolute atomic E-state index is 10.2. The van der Waals surface area contributed by atoms with E-state index in [1.807, 2.05) is 32.0 Å². The van der Waals surface area contributed by atoms with Gasteiger partial charge in [0.05, 0.1) is 11.2 Å². The fourth-order valence-electron chi connectivity index (χ4n) is 14.9. The van der Waals surface area contributed by atoms with E-state index in [4.69, 9.17) is 4.65 Å². The van der Waals surface area contributed by atoms with Crippen molar-refractivity contribution < 1.29 is 30.2 Å². The molecular weight excluding hydrogens is 2040 g/mol. The van der Waals surface area contributed by atoms with E-state index in [9.17, 15) is 5.11 Å². The zero-order valence-corrected chi connectivity index (χ0v) is 84.2. The Kier molecular flexibility index (Phi) is 36.4. The summed E-state index contributed by atoms with van der Waals surface area (Å²) in [5.74, 6) is 0. The summed E-state index contributed by atoms with van der Waals surface area (Å²) in [5, 5.41) is 32.3. The quantitative estimate of drug-likeness (QED) is 0.0727. The minimum atomic E-state index is -0.904. The van der Waals surface area contributed by atoms with Crippen LogP contribution in [0, 0.1) is 0 Å². The predicted molar refractivity (Wildman–Crippen MR) is 571 cm³/mol. The molecule has 18 aromatic rings. The van der Waals surface area contributed by atoms with Crippen LogP contribution in [0.4, 0.5) is 0 Å². The van der Waals surface area contributed by atoms with Crippen LogP contribution in [-0.4, -0.2) is 23.8 Å². The van der Waals surface area contributed by atoms with Gasteiger partial charge in [-0.3, -0.25) is 0 Å². The number of hydrogen-bond acceptors (Lipinski definition) is 2. The van der Waals surface area contributed by atoms with Crippen LogP contribution in [0.15, 0.2) is 483 Å². The first-order valence-electron chi connectivity index (χ1n) is 42.2. The van der Waals surface area contributed by atoms with Gasteiger partial charge in [-0.1, -0.05) is 504 Å². The summed E-state index contributed by atoms with van der Waals surface area (Å²) in [6, 6.07) is 164. The average Bonchev–Trinajstić information content (AvgIpc) is 1.11. The third-order valence-corrected chi connectivity index (χ3v) is 34.0. The van der Waals surface area contributed by atoms with Crippen molar-refractivity contribution in [1.82, 2.24) is 0 Å². The molecule has 633 valence electrons. The van der Waals surface area contributed by atoms with Crippen molar-refractivity contribution in [3.8, 4) is 11.1 Å².